The SMILES string of the molecule is CC1CCC2(C)c3cc(-c4ccc5c(c4)C(C)(C)c4ccccc4-5)ccc3N(c3ccccc3)C2(C)C1. The van der Waals surface area contributed by atoms with Crippen LogP contribution in [0.25, 0.3) is 22.3 Å². The predicted octanol–water partition coefficient (Wildman–Crippen LogP) is 9.65. The number of nitrogens with zero attached hydrogens (tertiary/aromatic N) is 1. The Bertz CT molecular complexity index is 1530. The Labute approximate surface area is 222 Å². The summed E-state index contributed by atoms with van der Waals surface area (Å²) < 4.78 is 0. The third kappa shape index (κ3) is 2.98. The van der Waals surface area contributed by atoms with Crippen molar-refractivity contribution in [3.8, 4) is 22.3 Å². The lowest BCUT2D eigenvalue weighted by Crippen LogP contribution is -2.56. The Morgan fingerprint density at radius 3 is 2.11 bits per heavy atom. The zero-order valence-electron chi connectivity index (χ0n) is 22.8. The lowest BCUT2D eigenvalue weighted by molar-refractivity contribution is 0.154. The van der Waals surface area contributed by atoms with Crippen molar-refractivity contribution in [2.75, 3.05) is 4.90 Å². The molecule has 4 aromatic carbocycles. The summed E-state index contributed by atoms with van der Waals surface area (Å²) in [5.41, 5.74) is 12.8. The molecule has 0 aromatic heterocycles. The fourth-order valence-electron chi connectivity index (χ4n) is 8.08. The van der Waals surface area contributed by atoms with E-state index in [1.807, 2.05) is 0 Å². The first-order valence-electron chi connectivity index (χ1n) is 14.0. The third-order valence-electron chi connectivity index (χ3n) is 10.3. The lowest BCUT2D eigenvalue weighted by Gasteiger charge is -2.52. The molecule has 0 spiro atoms. The van der Waals surface area contributed by atoms with Crippen LogP contribution in [-0.4, -0.2) is 5.54 Å². The van der Waals surface area contributed by atoms with E-state index in [1.54, 1.807) is 0 Å². The van der Waals surface area contributed by atoms with Gasteiger partial charge < -0.3 is 4.90 Å². The van der Waals surface area contributed by atoms with Gasteiger partial charge in [0.1, 0.15) is 0 Å². The summed E-state index contributed by atoms with van der Waals surface area (Å²) in [5, 5.41) is 0. The smallest absolute Gasteiger partial charge is 0.0520 e. The van der Waals surface area contributed by atoms with Crippen molar-refractivity contribution < 1.29 is 0 Å². The summed E-state index contributed by atoms with van der Waals surface area (Å²) in [6.45, 7) is 12.2. The van der Waals surface area contributed by atoms with Crippen LogP contribution in [0.2, 0.25) is 0 Å². The van der Waals surface area contributed by atoms with Gasteiger partial charge in [-0.15, -0.1) is 0 Å². The van der Waals surface area contributed by atoms with Crippen LogP contribution in [0, 0.1) is 5.92 Å². The Morgan fingerprint density at radius 2 is 1.32 bits per heavy atom. The van der Waals surface area contributed by atoms with Crippen LogP contribution in [0.15, 0.2) is 91.0 Å². The fourth-order valence-corrected chi connectivity index (χ4v) is 8.08. The van der Waals surface area contributed by atoms with Crippen LogP contribution in [0.1, 0.15) is 70.6 Å². The summed E-state index contributed by atoms with van der Waals surface area (Å²) in [6, 6.07) is 34.4. The van der Waals surface area contributed by atoms with Crippen molar-refractivity contribution in [3.63, 3.8) is 0 Å². The average Bonchev–Trinajstić information content (AvgIpc) is 3.25. The van der Waals surface area contributed by atoms with E-state index in [0.29, 0.717) is 0 Å². The van der Waals surface area contributed by atoms with Gasteiger partial charge in [-0.1, -0.05) is 88.4 Å². The Hall–Kier alpha value is -3.32. The topological polar surface area (TPSA) is 3.24 Å². The van der Waals surface area contributed by atoms with Gasteiger partial charge in [-0.05, 0) is 101 Å². The first kappa shape index (κ1) is 22.8. The van der Waals surface area contributed by atoms with Crippen LogP contribution >= 0.6 is 0 Å². The van der Waals surface area contributed by atoms with Crippen molar-refractivity contribution in [2.45, 2.75) is 70.3 Å². The largest absolute Gasteiger partial charge is 0.334 e. The third-order valence-corrected chi connectivity index (χ3v) is 10.3. The number of fused-ring (bicyclic) bond motifs is 6. The molecule has 1 heterocycles. The normalized spacial score (nSPS) is 26.8. The summed E-state index contributed by atoms with van der Waals surface area (Å²) in [7, 11) is 0. The number of benzene rings is 4. The predicted molar refractivity (Wildman–Crippen MR) is 157 cm³/mol. The molecule has 0 bridgehead atoms. The standard InChI is InChI=1S/C36H37N/c1-24-19-20-35(4)32-22-26(16-18-33(32)37(36(35,5)23-24)27-11-7-6-8-12-27)25-15-17-29-28-13-9-10-14-30(28)34(2,3)31(29)21-25/h6-18,21-22,24H,19-20,23H2,1-5H3. The Kier molecular flexibility index (Phi) is 4.69. The van der Waals surface area contributed by atoms with E-state index in [0.717, 1.165) is 5.92 Å². The summed E-state index contributed by atoms with van der Waals surface area (Å²) in [5.74, 6) is 0.735. The summed E-state index contributed by atoms with van der Waals surface area (Å²) >= 11 is 0. The molecule has 3 atom stereocenters. The lowest BCUT2D eigenvalue weighted by atomic mass is 9.59. The van der Waals surface area contributed by atoms with Crippen molar-refractivity contribution >= 4 is 11.4 Å². The zero-order chi connectivity index (χ0) is 25.6. The van der Waals surface area contributed by atoms with E-state index >= 15 is 0 Å². The Morgan fingerprint density at radius 1 is 0.676 bits per heavy atom. The molecule has 37 heavy (non-hydrogen) atoms. The van der Waals surface area contributed by atoms with Gasteiger partial charge in [0.2, 0.25) is 0 Å². The molecule has 1 heteroatoms. The minimum Gasteiger partial charge on any atom is -0.334 e. The van der Waals surface area contributed by atoms with Crippen molar-refractivity contribution in [1.29, 1.82) is 0 Å². The molecule has 1 aliphatic heterocycles. The quantitative estimate of drug-likeness (QED) is 0.274. The van der Waals surface area contributed by atoms with Crippen LogP contribution < -0.4 is 4.90 Å². The monoisotopic (exact) mass is 483 g/mol. The van der Waals surface area contributed by atoms with Crippen LogP contribution in [0.5, 0.6) is 0 Å². The summed E-state index contributed by atoms with van der Waals surface area (Å²) in [4.78, 5) is 2.67. The number of hydrogen-bond donors (Lipinski definition) is 0. The number of anilines is 2. The van der Waals surface area contributed by atoms with E-state index in [2.05, 4.69) is 131 Å². The molecule has 3 aliphatic rings. The molecule has 186 valence electrons. The molecular weight excluding hydrogens is 446 g/mol. The molecule has 0 N–H and O–H groups in total. The molecule has 1 nitrogen and oxygen atoms in total. The molecule has 0 saturated heterocycles. The highest BCUT2D eigenvalue weighted by Crippen LogP contribution is 2.62. The van der Waals surface area contributed by atoms with Crippen LogP contribution in [-0.2, 0) is 10.8 Å². The number of hydrogen-bond acceptors (Lipinski definition) is 1. The van der Waals surface area contributed by atoms with Gasteiger partial charge in [0, 0.05) is 22.2 Å². The number of rotatable bonds is 2. The molecule has 4 aromatic rings. The van der Waals surface area contributed by atoms with Gasteiger partial charge in [0.15, 0.2) is 0 Å². The highest BCUT2D eigenvalue weighted by Gasteiger charge is 2.58. The van der Waals surface area contributed by atoms with Crippen LogP contribution in [0.4, 0.5) is 11.4 Å². The molecule has 1 saturated carbocycles. The number of para-hydroxylation sites is 1. The van der Waals surface area contributed by atoms with Gasteiger partial charge in [-0.3, -0.25) is 0 Å². The van der Waals surface area contributed by atoms with E-state index in [1.165, 1.54) is 69.6 Å². The maximum Gasteiger partial charge on any atom is 0.0520 e. The summed E-state index contributed by atoms with van der Waals surface area (Å²) in [6.07, 6.45) is 3.74. The minimum absolute atomic E-state index is 0.0207. The molecule has 7 rings (SSSR count). The van der Waals surface area contributed by atoms with E-state index in [-0.39, 0.29) is 16.4 Å². The second-order valence-corrected chi connectivity index (χ2v) is 12.8. The Balaban J connectivity index is 1.38. The van der Waals surface area contributed by atoms with Gasteiger partial charge in [-0.25, -0.2) is 0 Å². The van der Waals surface area contributed by atoms with E-state index < -0.39 is 0 Å². The zero-order valence-corrected chi connectivity index (χ0v) is 22.8. The molecule has 0 amide bonds. The maximum absolute atomic E-state index is 2.67. The van der Waals surface area contributed by atoms with Crippen molar-refractivity contribution in [1.82, 2.24) is 0 Å². The highest BCUT2D eigenvalue weighted by atomic mass is 15.3. The maximum atomic E-state index is 2.67. The molecule has 3 unspecified atom stereocenters. The minimum atomic E-state index is 0.0207. The first-order chi connectivity index (χ1) is 17.7. The first-order valence-corrected chi connectivity index (χ1v) is 14.0. The fraction of sp³-hybridized carbons (Fsp3) is 0.333. The second-order valence-electron chi connectivity index (χ2n) is 12.8. The van der Waals surface area contributed by atoms with Crippen molar-refractivity contribution in [2.24, 2.45) is 5.92 Å². The van der Waals surface area contributed by atoms with Crippen molar-refractivity contribution in [3.05, 3.63) is 108 Å². The highest BCUT2D eigenvalue weighted by molar-refractivity contribution is 5.85. The van der Waals surface area contributed by atoms with Gasteiger partial charge in [-0.2, -0.15) is 0 Å². The molecule has 1 fully saturated rings. The molecular formula is C36H37N. The van der Waals surface area contributed by atoms with E-state index in [4.69, 9.17) is 0 Å². The van der Waals surface area contributed by atoms with Gasteiger partial charge >= 0.3 is 0 Å². The van der Waals surface area contributed by atoms with Gasteiger partial charge in [0.05, 0.1) is 5.54 Å². The molecule has 2 aliphatic carbocycles. The average molecular weight is 484 g/mol. The van der Waals surface area contributed by atoms with E-state index in [9.17, 15) is 0 Å². The molecule has 0 radical (unpaired) electrons. The van der Waals surface area contributed by atoms with Gasteiger partial charge in [0.25, 0.3) is 0 Å². The van der Waals surface area contributed by atoms with Crippen LogP contribution in [0.3, 0.4) is 0 Å². The second kappa shape index (κ2) is 7.60.